The van der Waals surface area contributed by atoms with Crippen LogP contribution in [0.15, 0.2) is 23.8 Å². The fourth-order valence-electron chi connectivity index (χ4n) is 1.49. The molecule has 0 amide bonds. The van der Waals surface area contributed by atoms with E-state index in [1.165, 1.54) is 18.4 Å². The monoisotopic (exact) mass is 164 g/mol. The molecule has 1 nitrogen and oxygen atoms in total. The van der Waals surface area contributed by atoms with Crippen LogP contribution in [0.5, 0.6) is 0 Å². The number of allylic oxidation sites excluding steroid dienone is 4. The van der Waals surface area contributed by atoms with Crippen LogP contribution in [0.3, 0.4) is 0 Å². The molecule has 1 unspecified atom stereocenters. The van der Waals surface area contributed by atoms with Gasteiger partial charge in [-0.05, 0) is 32.1 Å². The maximum absolute atomic E-state index is 10.0. The van der Waals surface area contributed by atoms with Crippen LogP contribution in [0.2, 0.25) is 0 Å². The van der Waals surface area contributed by atoms with E-state index in [2.05, 4.69) is 19.1 Å². The molecule has 1 rings (SSSR count). The predicted octanol–water partition coefficient (Wildman–Crippen LogP) is 2.88. The molecular formula is C11H16O. The summed E-state index contributed by atoms with van der Waals surface area (Å²) in [6.45, 7) is 2.19. The van der Waals surface area contributed by atoms with E-state index in [9.17, 15) is 4.79 Å². The molecule has 1 aliphatic carbocycles. The van der Waals surface area contributed by atoms with Gasteiger partial charge in [-0.3, -0.25) is 0 Å². The van der Waals surface area contributed by atoms with E-state index in [1.807, 2.05) is 6.08 Å². The molecule has 1 heteroatoms. The fourth-order valence-corrected chi connectivity index (χ4v) is 1.49. The summed E-state index contributed by atoms with van der Waals surface area (Å²) in [6.07, 6.45) is 11.6. The molecule has 0 bridgehead atoms. The van der Waals surface area contributed by atoms with Gasteiger partial charge in [-0.1, -0.05) is 23.8 Å². The molecule has 1 atom stereocenters. The lowest BCUT2D eigenvalue weighted by Crippen LogP contribution is -2.01. The first-order valence-electron chi connectivity index (χ1n) is 4.59. The largest absolute Gasteiger partial charge is 0.303 e. The third-order valence-corrected chi connectivity index (χ3v) is 2.32. The highest BCUT2D eigenvalue weighted by Gasteiger charge is 2.08. The van der Waals surface area contributed by atoms with Crippen molar-refractivity contribution >= 4 is 6.29 Å². The molecule has 0 radical (unpaired) electrons. The highest BCUT2D eigenvalue weighted by molar-refractivity contribution is 5.51. The van der Waals surface area contributed by atoms with Crippen molar-refractivity contribution in [2.75, 3.05) is 0 Å². The van der Waals surface area contributed by atoms with Crippen molar-refractivity contribution < 1.29 is 4.79 Å². The summed E-state index contributed by atoms with van der Waals surface area (Å²) in [5.74, 6) is 0.675. The second-order valence-corrected chi connectivity index (χ2v) is 3.42. The standard InChI is InChI=1S/C11H16O/c1-10-5-7-11(8-6-10)4-2-3-9-12/h2,4-5,9,11H,3,6-8H2,1H3. The smallest absolute Gasteiger partial charge is 0.123 e. The van der Waals surface area contributed by atoms with Gasteiger partial charge >= 0.3 is 0 Å². The molecule has 0 saturated carbocycles. The maximum atomic E-state index is 10.0. The van der Waals surface area contributed by atoms with Crippen LogP contribution in [0.1, 0.15) is 32.6 Å². The topological polar surface area (TPSA) is 17.1 Å². The van der Waals surface area contributed by atoms with Crippen LogP contribution in [-0.4, -0.2) is 6.29 Å². The van der Waals surface area contributed by atoms with Crippen molar-refractivity contribution in [2.24, 2.45) is 5.92 Å². The van der Waals surface area contributed by atoms with E-state index in [1.54, 1.807) is 0 Å². The van der Waals surface area contributed by atoms with E-state index in [-0.39, 0.29) is 0 Å². The summed E-state index contributed by atoms with van der Waals surface area (Å²) in [5.41, 5.74) is 1.51. The summed E-state index contributed by atoms with van der Waals surface area (Å²) >= 11 is 0. The van der Waals surface area contributed by atoms with E-state index >= 15 is 0 Å². The Morgan fingerprint density at radius 3 is 3.08 bits per heavy atom. The average Bonchev–Trinajstić information content (AvgIpc) is 2.09. The molecular weight excluding hydrogens is 148 g/mol. The Balaban J connectivity index is 2.31. The Kier molecular flexibility index (Phi) is 3.78. The number of aldehydes is 1. The van der Waals surface area contributed by atoms with E-state index < -0.39 is 0 Å². The van der Waals surface area contributed by atoms with Gasteiger partial charge in [0.05, 0.1) is 0 Å². The lowest BCUT2D eigenvalue weighted by Gasteiger charge is -2.16. The van der Waals surface area contributed by atoms with Gasteiger partial charge in [0.15, 0.2) is 0 Å². The molecule has 0 N–H and O–H groups in total. The lowest BCUT2D eigenvalue weighted by atomic mass is 9.90. The maximum Gasteiger partial charge on any atom is 0.123 e. The van der Waals surface area contributed by atoms with Gasteiger partial charge in [0.1, 0.15) is 6.29 Å². The first-order chi connectivity index (χ1) is 5.83. The Morgan fingerprint density at radius 1 is 1.67 bits per heavy atom. The minimum absolute atomic E-state index is 0.569. The van der Waals surface area contributed by atoms with Crippen molar-refractivity contribution in [1.82, 2.24) is 0 Å². The van der Waals surface area contributed by atoms with Gasteiger partial charge in [-0.2, -0.15) is 0 Å². The Morgan fingerprint density at radius 2 is 2.50 bits per heavy atom. The normalized spacial score (nSPS) is 24.1. The summed E-state index contributed by atoms with van der Waals surface area (Å²) < 4.78 is 0. The van der Waals surface area contributed by atoms with Gasteiger partial charge in [0, 0.05) is 6.42 Å². The second kappa shape index (κ2) is 4.91. The number of hydrogen-bond donors (Lipinski definition) is 0. The number of carbonyl (C=O) groups excluding carboxylic acids is 1. The molecule has 0 heterocycles. The van der Waals surface area contributed by atoms with Gasteiger partial charge < -0.3 is 4.79 Å². The third kappa shape index (κ3) is 3.04. The summed E-state index contributed by atoms with van der Waals surface area (Å²) in [4.78, 5) is 10.0. The predicted molar refractivity (Wildman–Crippen MR) is 50.9 cm³/mol. The minimum atomic E-state index is 0.569. The van der Waals surface area contributed by atoms with E-state index in [0.29, 0.717) is 12.3 Å². The van der Waals surface area contributed by atoms with E-state index in [4.69, 9.17) is 0 Å². The highest BCUT2D eigenvalue weighted by Crippen LogP contribution is 2.23. The second-order valence-electron chi connectivity index (χ2n) is 3.42. The van der Waals surface area contributed by atoms with Crippen LogP contribution >= 0.6 is 0 Å². The van der Waals surface area contributed by atoms with Crippen molar-refractivity contribution in [3.05, 3.63) is 23.8 Å². The van der Waals surface area contributed by atoms with Gasteiger partial charge in [0.25, 0.3) is 0 Å². The molecule has 0 aliphatic heterocycles. The number of hydrogen-bond acceptors (Lipinski definition) is 1. The lowest BCUT2D eigenvalue weighted by molar-refractivity contribution is -0.107. The quantitative estimate of drug-likeness (QED) is 0.463. The summed E-state index contributed by atoms with van der Waals surface area (Å²) in [6, 6.07) is 0. The molecule has 0 spiro atoms. The molecule has 66 valence electrons. The number of rotatable bonds is 3. The summed E-state index contributed by atoms with van der Waals surface area (Å²) in [7, 11) is 0. The Labute approximate surface area is 74.2 Å². The summed E-state index contributed by atoms with van der Waals surface area (Å²) in [5, 5.41) is 0. The first-order valence-corrected chi connectivity index (χ1v) is 4.59. The van der Waals surface area contributed by atoms with Gasteiger partial charge in [0.2, 0.25) is 0 Å². The SMILES string of the molecule is CC1=CCC(C=CCC=O)CC1. The molecule has 0 aromatic rings. The molecule has 1 aliphatic rings. The first kappa shape index (κ1) is 9.24. The number of carbonyl (C=O) groups is 1. The molecule has 0 aromatic heterocycles. The highest BCUT2D eigenvalue weighted by atomic mass is 16.1. The zero-order chi connectivity index (χ0) is 8.81. The van der Waals surface area contributed by atoms with Crippen LogP contribution in [0.4, 0.5) is 0 Å². The fraction of sp³-hybridized carbons (Fsp3) is 0.545. The Hall–Kier alpha value is -0.850. The molecule has 12 heavy (non-hydrogen) atoms. The van der Waals surface area contributed by atoms with Gasteiger partial charge in [-0.15, -0.1) is 0 Å². The minimum Gasteiger partial charge on any atom is -0.303 e. The Bertz CT molecular complexity index is 201. The zero-order valence-electron chi connectivity index (χ0n) is 7.62. The zero-order valence-corrected chi connectivity index (χ0v) is 7.62. The third-order valence-electron chi connectivity index (χ3n) is 2.32. The molecule has 0 aromatic carbocycles. The van der Waals surface area contributed by atoms with Crippen LogP contribution in [0, 0.1) is 5.92 Å². The van der Waals surface area contributed by atoms with Crippen molar-refractivity contribution in [1.29, 1.82) is 0 Å². The molecule has 0 saturated heterocycles. The van der Waals surface area contributed by atoms with Crippen LogP contribution in [-0.2, 0) is 4.79 Å². The average molecular weight is 164 g/mol. The van der Waals surface area contributed by atoms with Crippen LogP contribution in [0.25, 0.3) is 0 Å². The van der Waals surface area contributed by atoms with Crippen molar-refractivity contribution in [2.45, 2.75) is 32.6 Å². The van der Waals surface area contributed by atoms with E-state index in [0.717, 1.165) is 12.7 Å². The van der Waals surface area contributed by atoms with Crippen molar-refractivity contribution in [3.63, 3.8) is 0 Å². The molecule has 0 fully saturated rings. The van der Waals surface area contributed by atoms with Crippen molar-refractivity contribution in [3.8, 4) is 0 Å². The van der Waals surface area contributed by atoms with Crippen LogP contribution < -0.4 is 0 Å². The van der Waals surface area contributed by atoms with Gasteiger partial charge in [-0.25, -0.2) is 0 Å².